The summed E-state index contributed by atoms with van der Waals surface area (Å²) in [5.41, 5.74) is 0.780. The second kappa shape index (κ2) is 3.39. The number of H-pyrrole nitrogens is 1. The van der Waals surface area contributed by atoms with Gasteiger partial charge in [0.15, 0.2) is 9.84 Å². The first kappa shape index (κ1) is 10.3. The van der Waals surface area contributed by atoms with Crippen molar-refractivity contribution in [2.24, 2.45) is 0 Å². The molecular formula is C9H8N2O2S2. The van der Waals surface area contributed by atoms with E-state index >= 15 is 0 Å². The molecule has 0 bridgehead atoms. The normalized spacial score (nSPS) is 11.8. The van der Waals surface area contributed by atoms with Gasteiger partial charge in [-0.3, -0.25) is 0 Å². The lowest BCUT2D eigenvalue weighted by atomic mass is 10.2. The molecule has 1 aromatic carbocycles. The first-order valence-electron chi connectivity index (χ1n) is 4.16. The minimum absolute atomic E-state index is 0.252. The number of rotatable bonds is 1. The van der Waals surface area contributed by atoms with Crippen molar-refractivity contribution in [2.75, 3.05) is 6.26 Å². The summed E-state index contributed by atoms with van der Waals surface area (Å²) >= 11 is 5.01. The van der Waals surface area contributed by atoms with Gasteiger partial charge in [0.2, 0.25) is 0 Å². The highest BCUT2D eigenvalue weighted by Crippen LogP contribution is 2.17. The van der Waals surface area contributed by atoms with E-state index in [1.807, 2.05) is 0 Å². The molecule has 0 radical (unpaired) electrons. The molecule has 6 heteroatoms. The van der Waals surface area contributed by atoms with Crippen molar-refractivity contribution >= 4 is 33.0 Å². The molecule has 4 nitrogen and oxygen atoms in total. The van der Waals surface area contributed by atoms with Crippen LogP contribution in [0.15, 0.2) is 29.4 Å². The van der Waals surface area contributed by atoms with Crippen molar-refractivity contribution in [3.05, 3.63) is 29.2 Å². The molecule has 0 aliphatic rings. The number of benzene rings is 1. The van der Waals surface area contributed by atoms with E-state index in [1.54, 1.807) is 12.1 Å². The maximum Gasteiger partial charge on any atom is 0.175 e. The fourth-order valence-electron chi connectivity index (χ4n) is 1.29. The van der Waals surface area contributed by atoms with Crippen LogP contribution in [0.1, 0.15) is 0 Å². The molecule has 0 spiro atoms. The minimum atomic E-state index is -3.20. The predicted molar refractivity (Wildman–Crippen MR) is 60.0 cm³/mol. The van der Waals surface area contributed by atoms with E-state index in [-0.39, 0.29) is 4.90 Å². The Hall–Kier alpha value is -1.27. The van der Waals surface area contributed by atoms with E-state index in [0.29, 0.717) is 10.0 Å². The van der Waals surface area contributed by atoms with Crippen LogP contribution in [-0.2, 0) is 9.84 Å². The largest absolute Gasteiger partial charge is 0.346 e. The second-order valence-electron chi connectivity index (χ2n) is 3.19. The summed E-state index contributed by atoms with van der Waals surface area (Å²) in [6, 6.07) is 4.77. The third-order valence-electron chi connectivity index (χ3n) is 2.05. The number of hydrogen-bond acceptors (Lipinski definition) is 4. The first-order chi connectivity index (χ1) is 6.98. The summed E-state index contributed by atoms with van der Waals surface area (Å²) in [7, 11) is -3.20. The fourth-order valence-corrected chi connectivity index (χ4v) is 2.16. The Morgan fingerprint density at radius 1 is 1.40 bits per heavy atom. The first-order valence-corrected chi connectivity index (χ1v) is 6.46. The van der Waals surface area contributed by atoms with Crippen LogP contribution in [0.5, 0.6) is 0 Å². The predicted octanol–water partition coefficient (Wildman–Crippen LogP) is 1.70. The Labute approximate surface area is 91.9 Å². The lowest BCUT2D eigenvalue weighted by molar-refractivity contribution is 0.602. The maximum absolute atomic E-state index is 11.3. The van der Waals surface area contributed by atoms with Crippen LogP contribution in [0.3, 0.4) is 0 Å². The standard InChI is InChI=1S/C9H8N2O2S2/c1-15(12,13)6-2-3-8-7(4-6)9(14)11-5-10-8/h2-5H,1H3,(H,10,11,14). The summed E-state index contributed by atoms with van der Waals surface area (Å²) in [6.07, 6.45) is 2.65. The quantitative estimate of drug-likeness (QED) is 0.771. The third-order valence-corrected chi connectivity index (χ3v) is 3.49. The Balaban J connectivity index is 2.88. The average Bonchev–Trinajstić information content (AvgIpc) is 2.16. The topological polar surface area (TPSA) is 62.8 Å². The number of aromatic amines is 1. The lowest BCUT2D eigenvalue weighted by Crippen LogP contribution is -1.97. The Bertz CT molecular complexity index is 674. The smallest absolute Gasteiger partial charge is 0.175 e. The zero-order valence-corrected chi connectivity index (χ0v) is 9.52. The zero-order chi connectivity index (χ0) is 11.1. The highest BCUT2D eigenvalue weighted by Gasteiger charge is 2.08. The third kappa shape index (κ3) is 1.91. The summed E-state index contributed by atoms with van der Waals surface area (Å²) in [5, 5.41) is 0.649. The van der Waals surface area contributed by atoms with Crippen molar-refractivity contribution in [1.82, 2.24) is 9.97 Å². The fraction of sp³-hybridized carbons (Fsp3) is 0.111. The highest BCUT2D eigenvalue weighted by molar-refractivity contribution is 7.90. The minimum Gasteiger partial charge on any atom is -0.346 e. The van der Waals surface area contributed by atoms with Crippen molar-refractivity contribution in [2.45, 2.75) is 4.90 Å². The molecular weight excluding hydrogens is 232 g/mol. The van der Waals surface area contributed by atoms with Crippen LogP contribution in [0, 0.1) is 4.64 Å². The molecule has 1 heterocycles. The monoisotopic (exact) mass is 240 g/mol. The molecule has 15 heavy (non-hydrogen) atoms. The van der Waals surface area contributed by atoms with Gasteiger partial charge < -0.3 is 4.98 Å². The molecule has 78 valence electrons. The van der Waals surface area contributed by atoms with Gasteiger partial charge >= 0.3 is 0 Å². The molecule has 2 rings (SSSR count). The summed E-state index contributed by atoms with van der Waals surface area (Å²) in [5.74, 6) is 0. The van der Waals surface area contributed by atoms with E-state index in [9.17, 15) is 8.42 Å². The Kier molecular flexibility index (Phi) is 2.32. The molecule has 0 fully saturated rings. The molecule has 0 saturated carbocycles. The van der Waals surface area contributed by atoms with E-state index < -0.39 is 9.84 Å². The molecule has 0 saturated heterocycles. The number of aromatic nitrogens is 2. The second-order valence-corrected chi connectivity index (χ2v) is 5.59. The average molecular weight is 240 g/mol. The summed E-state index contributed by atoms with van der Waals surface area (Å²) < 4.78 is 23.0. The number of sulfone groups is 1. The van der Waals surface area contributed by atoms with Gasteiger partial charge in [-0.1, -0.05) is 12.2 Å². The lowest BCUT2D eigenvalue weighted by Gasteiger charge is -2.01. The van der Waals surface area contributed by atoms with E-state index in [4.69, 9.17) is 12.2 Å². The van der Waals surface area contributed by atoms with Gasteiger partial charge in [0, 0.05) is 17.2 Å². The van der Waals surface area contributed by atoms with Crippen LogP contribution >= 0.6 is 12.2 Å². The van der Waals surface area contributed by atoms with Crippen molar-refractivity contribution < 1.29 is 8.42 Å². The molecule has 2 aromatic rings. The van der Waals surface area contributed by atoms with Gasteiger partial charge in [-0.05, 0) is 18.2 Å². The van der Waals surface area contributed by atoms with E-state index in [1.165, 1.54) is 12.4 Å². The number of nitrogens with one attached hydrogen (secondary N) is 1. The Morgan fingerprint density at radius 2 is 2.13 bits per heavy atom. The number of hydrogen-bond donors (Lipinski definition) is 1. The maximum atomic E-state index is 11.3. The Morgan fingerprint density at radius 3 is 2.80 bits per heavy atom. The van der Waals surface area contributed by atoms with Gasteiger partial charge in [0.25, 0.3) is 0 Å². The molecule has 0 unspecified atom stereocenters. The summed E-state index contributed by atoms with van der Waals surface area (Å²) in [6.45, 7) is 0. The molecule has 1 aromatic heterocycles. The van der Waals surface area contributed by atoms with Crippen molar-refractivity contribution in [3.63, 3.8) is 0 Å². The van der Waals surface area contributed by atoms with Gasteiger partial charge in [0.1, 0.15) is 4.64 Å². The van der Waals surface area contributed by atoms with Gasteiger partial charge in [-0.15, -0.1) is 0 Å². The van der Waals surface area contributed by atoms with Crippen LogP contribution in [-0.4, -0.2) is 24.6 Å². The summed E-state index contributed by atoms with van der Waals surface area (Å²) in [4.78, 5) is 7.04. The molecule has 0 atom stereocenters. The van der Waals surface area contributed by atoms with Crippen LogP contribution in [0.4, 0.5) is 0 Å². The molecule has 1 N–H and O–H groups in total. The van der Waals surface area contributed by atoms with Crippen molar-refractivity contribution in [3.8, 4) is 0 Å². The van der Waals surface area contributed by atoms with Crippen LogP contribution in [0.25, 0.3) is 10.9 Å². The number of fused-ring (bicyclic) bond motifs is 1. The zero-order valence-electron chi connectivity index (χ0n) is 7.89. The number of nitrogens with zero attached hydrogens (tertiary/aromatic N) is 1. The molecule has 0 amide bonds. The van der Waals surface area contributed by atoms with Crippen LogP contribution in [0.2, 0.25) is 0 Å². The molecule has 0 aliphatic heterocycles. The highest BCUT2D eigenvalue weighted by atomic mass is 32.2. The van der Waals surface area contributed by atoms with Gasteiger partial charge in [-0.2, -0.15) is 0 Å². The van der Waals surface area contributed by atoms with Crippen LogP contribution < -0.4 is 0 Å². The van der Waals surface area contributed by atoms with Crippen molar-refractivity contribution in [1.29, 1.82) is 0 Å². The molecule has 0 aliphatic carbocycles. The SMILES string of the molecule is CS(=O)(=O)c1ccc2[nH]cnc(=S)c2c1. The van der Waals surface area contributed by atoms with Gasteiger partial charge in [-0.25, -0.2) is 13.4 Å². The van der Waals surface area contributed by atoms with E-state index in [0.717, 1.165) is 11.8 Å². The van der Waals surface area contributed by atoms with E-state index in [2.05, 4.69) is 9.97 Å². The van der Waals surface area contributed by atoms with Gasteiger partial charge in [0.05, 0.1) is 11.2 Å².